The van der Waals surface area contributed by atoms with Gasteiger partial charge in [0.1, 0.15) is 6.33 Å². The van der Waals surface area contributed by atoms with Gasteiger partial charge in [-0.15, -0.1) is 0 Å². The van der Waals surface area contributed by atoms with E-state index in [2.05, 4.69) is 34.0 Å². The van der Waals surface area contributed by atoms with Crippen LogP contribution in [0.4, 0.5) is 11.5 Å². The fraction of sp³-hybridized carbons (Fsp3) is 0.636. The van der Waals surface area contributed by atoms with Gasteiger partial charge in [0.15, 0.2) is 0 Å². The van der Waals surface area contributed by atoms with Crippen LogP contribution in [0.3, 0.4) is 0 Å². The van der Waals surface area contributed by atoms with Crippen LogP contribution >= 0.6 is 0 Å². The van der Waals surface area contributed by atoms with Crippen LogP contribution in [0.25, 0.3) is 0 Å². The quantitative estimate of drug-likeness (QED) is 0.586. The average molecular weight is 269 g/mol. The van der Waals surface area contributed by atoms with Crippen molar-refractivity contribution in [2.75, 3.05) is 32.6 Å². The van der Waals surface area contributed by atoms with Crippen molar-refractivity contribution in [2.45, 2.75) is 19.9 Å². The van der Waals surface area contributed by atoms with Gasteiger partial charge in [-0.1, -0.05) is 0 Å². The zero-order valence-electron chi connectivity index (χ0n) is 11.6. The summed E-state index contributed by atoms with van der Waals surface area (Å²) in [6, 6.07) is 0.414. The van der Waals surface area contributed by atoms with Gasteiger partial charge in [-0.3, -0.25) is 10.1 Å². The highest BCUT2D eigenvalue weighted by atomic mass is 16.6. The van der Waals surface area contributed by atoms with Crippen molar-refractivity contribution < 1.29 is 9.66 Å². The maximum absolute atomic E-state index is 11.0. The average Bonchev–Trinajstić information content (AvgIpc) is 2.37. The largest absolute Gasteiger partial charge is 0.476 e. The topological polar surface area (TPSA) is 93.4 Å². The number of rotatable bonds is 7. The Kier molecular flexibility index (Phi) is 5.43. The normalized spacial score (nSPS) is 10.8. The van der Waals surface area contributed by atoms with E-state index in [1.165, 1.54) is 13.4 Å². The SMILES string of the molecule is COc1ncnc(NCCN(C)C(C)C)c1[N+](=O)[O-]. The number of nitrogens with one attached hydrogen (secondary N) is 1. The minimum atomic E-state index is -0.548. The molecule has 0 fully saturated rings. The number of anilines is 1. The van der Waals surface area contributed by atoms with Gasteiger partial charge in [-0.2, -0.15) is 4.98 Å². The molecule has 0 bridgehead atoms. The zero-order chi connectivity index (χ0) is 14.4. The third-order valence-corrected chi connectivity index (χ3v) is 2.80. The molecule has 106 valence electrons. The standard InChI is InChI=1S/C11H19N5O3/c1-8(2)15(3)6-5-12-10-9(16(17)18)11(19-4)14-7-13-10/h7-8H,5-6H2,1-4H3,(H,12,13,14). The van der Waals surface area contributed by atoms with E-state index in [0.717, 1.165) is 6.54 Å². The van der Waals surface area contributed by atoms with E-state index in [0.29, 0.717) is 12.6 Å². The molecule has 8 nitrogen and oxygen atoms in total. The van der Waals surface area contributed by atoms with Crippen molar-refractivity contribution in [3.05, 3.63) is 16.4 Å². The lowest BCUT2D eigenvalue weighted by atomic mass is 10.3. The number of nitrogens with zero attached hydrogens (tertiary/aromatic N) is 4. The van der Waals surface area contributed by atoms with Crippen LogP contribution in [-0.4, -0.2) is 53.1 Å². The molecule has 0 amide bonds. The minimum Gasteiger partial charge on any atom is -0.476 e. The first-order valence-corrected chi connectivity index (χ1v) is 5.94. The third kappa shape index (κ3) is 4.02. The molecule has 0 saturated heterocycles. The summed E-state index contributed by atoms with van der Waals surface area (Å²) >= 11 is 0. The monoisotopic (exact) mass is 269 g/mol. The number of nitro groups is 1. The fourth-order valence-electron chi connectivity index (χ4n) is 1.41. The first kappa shape index (κ1) is 15.1. The number of ether oxygens (including phenoxy) is 1. The molecule has 0 spiro atoms. The van der Waals surface area contributed by atoms with E-state index in [4.69, 9.17) is 4.74 Å². The molecular weight excluding hydrogens is 250 g/mol. The van der Waals surface area contributed by atoms with Gasteiger partial charge in [-0.25, -0.2) is 4.98 Å². The van der Waals surface area contributed by atoms with E-state index in [-0.39, 0.29) is 17.4 Å². The van der Waals surface area contributed by atoms with Crippen molar-refractivity contribution in [3.8, 4) is 5.88 Å². The van der Waals surface area contributed by atoms with E-state index in [1.807, 2.05) is 7.05 Å². The Balaban J connectivity index is 2.75. The maximum Gasteiger partial charge on any atom is 0.372 e. The molecule has 0 radical (unpaired) electrons. The Hall–Kier alpha value is -1.96. The molecule has 8 heteroatoms. The molecule has 19 heavy (non-hydrogen) atoms. The van der Waals surface area contributed by atoms with Gasteiger partial charge in [0.05, 0.1) is 12.0 Å². The molecule has 1 heterocycles. The van der Waals surface area contributed by atoms with Crippen molar-refractivity contribution >= 4 is 11.5 Å². The molecule has 0 saturated carbocycles. The minimum absolute atomic E-state index is 0.0419. The number of methoxy groups -OCH3 is 1. The Morgan fingerprint density at radius 2 is 2.21 bits per heavy atom. The molecule has 0 aliphatic heterocycles. The van der Waals surface area contributed by atoms with E-state index in [1.54, 1.807) is 0 Å². The Morgan fingerprint density at radius 1 is 1.53 bits per heavy atom. The van der Waals surface area contributed by atoms with Crippen LogP contribution in [0, 0.1) is 10.1 Å². The van der Waals surface area contributed by atoms with Crippen molar-refractivity contribution in [1.82, 2.24) is 14.9 Å². The molecule has 0 aliphatic rings. The maximum atomic E-state index is 11.0. The molecule has 1 aromatic heterocycles. The van der Waals surface area contributed by atoms with Gasteiger partial charge in [-0.05, 0) is 20.9 Å². The van der Waals surface area contributed by atoms with Gasteiger partial charge in [0, 0.05) is 19.1 Å². The summed E-state index contributed by atoms with van der Waals surface area (Å²) < 4.78 is 4.87. The second-order valence-electron chi connectivity index (χ2n) is 4.34. The van der Waals surface area contributed by atoms with E-state index < -0.39 is 4.92 Å². The Bertz CT molecular complexity index is 438. The van der Waals surface area contributed by atoms with E-state index in [9.17, 15) is 10.1 Å². The number of hydrogen-bond acceptors (Lipinski definition) is 7. The summed E-state index contributed by atoms with van der Waals surface area (Å²) in [6.45, 7) is 5.46. The van der Waals surface area contributed by atoms with Crippen LogP contribution in [0.15, 0.2) is 6.33 Å². The molecule has 0 unspecified atom stereocenters. The summed E-state index contributed by atoms with van der Waals surface area (Å²) in [4.78, 5) is 20.2. The first-order valence-electron chi connectivity index (χ1n) is 5.94. The first-order chi connectivity index (χ1) is 8.97. The molecule has 1 N–H and O–H groups in total. The Morgan fingerprint density at radius 3 is 2.74 bits per heavy atom. The summed E-state index contributed by atoms with van der Waals surface area (Å²) in [5.41, 5.74) is -0.239. The summed E-state index contributed by atoms with van der Waals surface area (Å²) in [5, 5.41) is 13.9. The number of likely N-dealkylation sites (N-methyl/N-ethyl adjacent to an activating group) is 1. The number of aromatic nitrogens is 2. The number of hydrogen-bond donors (Lipinski definition) is 1. The zero-order valence-corrected chi connectivity index (χ0v) is 11.6. The van der Waals surface area contributed by atoms with Gasteiger partial charge < -0.3 is 15.0 Å². The van der Waals surface area contributed by atoms with Crippen molar-refractivity contribution in [2.24, 2.45) is 0 Å². The second kappa shape index (κ2) is 6.83. The smallest absolute Gasteiger partial charge is 0.372 e. The molecule has 1 aromatic rings. The lowest BCUT2D eigenvalue weighted by Crippen LogP contribution is -2.31. The van der Waals surface area contributed by atoms with Crippen LogP contribution in [-0.2, 0) is 0 Å². The van der Waals surface area contributed by atoms with Gasteiger partial charge in [0.25, 0.3) is 5.88 Å². The van der Waals surface area contributed by atoms with Crippen LogP contribution < -0.4 is 10.1 Å². The van der Waals surface area contributed by atoms with Crippen molar-refractivity contribution in [3.63, 3.8) is 0 Å². The Labute approximate surface area is 112 Å². The predicted octanol–water partition coefficient (Wildman–Crippen LogP) is 1.15. The highest BCUT2D eigenvalue weighted by Gasteiger charge is 2.23. The van der Waals surface area contributed by atoms with Gasteiger partial charge in [0.2, 0.25) is 5.82 Å². The summed E-state index contributed by atoms with van der Waals surface area (Å²) in [6.07, 6.45) is 1.24. The van der Waals surface area contributed by atoms with Crippen LogP contribution in [0.5, 0.6) is 5.88 Å². The third-order valence-electron chi connectivity index (χ3n) is 2.80. The van der Waals surface area contributed by atoms with Crippen molar-refractivity contribution in [1.29, 1.82) is 0 Å². The van der Waals surface area contributed by atoms with Gasteiger partial charge >= 0.3 is 5.69 Å². The summed E-state index contributed by atoms with van der Waals surface area (Å²) in [7, 11) is 3.33. The molecular formula is C11H19N5O3. The highest BCUT2D eigenvalue weighted by molar-refractivity contribution is 5.60. The lowest BCUT2D eigenvalue weighted by Gasteiger charge is -2.20. The molecule has 1 rings (SSSR count). The molecule has 0 aliphatic carbocycles. The second-order valence-corrected chi connectivity index (χ2v) is 4.34. The summed E-state index contributed by atoms with van der Waals surface area (Å²) in [5.74, 6) is 0.133. The lowest BCUT2D eigenvalue weighted by molar-refractivity contribution is -0.385. The van der Waals surface area contributed by atoms with Crippen LogP contribution in [0.2, 0.25) is 0 Å². The fourth-order valence-corrected chi connectivity index (χ4v) is 1.41. The molecule has 0 atom stereocenters. The van der Waals surface area contributed by atoms with Crippen LogP contribution in [0.1, 0.15) is 13.8 Å². The highest BCUT2D eigenvalue weighted by Crippen LogP contribution is 2.29. The molecule has 0 aromatic carbocycles. The predicted molar refractivity (Wildman–Crippen MR) is 71.5 cm³/mol. The van der Waals surface area contributed by atoms with E-state index >= 15 is 0 Å².